The Kier molecular flexibility index (Phi) is 11.1. The van der Waals surface area contributed by atoms with Crippen LogP contribution in [0.5, 0.6) is 0 Å². The van der Waals surface area contributed by atoms with Crippen LogP contribution in [0.4, 0.5) is 0 Å². The largest absolute Gasteiger partial charge is 0.480 e. The number of aromatic amines is 1. The van der Waals surface area contributed by atoms with Crippen LogP contribution in [0.25, 0.3) is 0 Å². The van der Waals surface area contributed by atoms with Gasteiger partial charge in [0.05, 0.1) is 12.9 Å². The number of hydrogen-bond donors (Lipinski definition) is 6. The summed E-state index contributed by atoms with van der Waals surface area (Å²) >= 11 is 1.48. The molecule has 1 heterocycles. The summed E-state index contributed by atoms with van der Waals surface area (Å²) in [6.07, 6.45) is 5.31. The molecule has 0 saturated carbocycles. The Labute approximate surface area is 201 Å². The molecule has 0 aliphatic heterocycles. The summed E-state index contributed by atoms with van der Waals surface area (Å²) in [4.78, 5) is 56.4. The summed E-state index contributed by atoms with van der Waals surface area (Å²) < 4.78 is 0. The Balaban J connectivity index is 2.12. The topological polar surface area (TPSA) is 179 Å². The van der Waals surface area contributed by atoms with Crippen LogP contribution in [0.2, 0.25) is 0 Å². The number of carboxylic acid groups (broad SMARTS) is 1. The molecule has 0 aliphatic carbocycles. The molecule has 184 valence electrons. The Morgan fingerprint density at radius 3 is 2.29 bits per heavy atom. The molecule has 2 rings (SSSR count). The Bertz CT molecular complexity index is 941. The maximum absolute atomic E-state index is 13.0. The van der Waals surface area contributed by atoms with E-state index in [1.807, 2.05) is 12.3 Å². The highest BCUT2D eigenvalue weighted by molar-refractivity contribution is 7.98. The van der Waals surface area contributed by atoms with E-state index in [-0.39, 0.29) is 25.8 Å². The fourth-order valence-corrected chi connectivity index (χ4v) is 3.65. The first kappa shape index (κ1) is 26.9. The maximum Gasteiger partial charge on any atom is 0.326 e. The van der Waals surface area contributed by atoms with E-state index in [0.717, 1.165) is 5.56 Å². The number of carboxylic acids is 1. The van der Waals surface area contributed by atoms with Crippen molar-refractivity contribution in [1.29, 1.82) is 0 Å². The van der Waals surface area contributed by atoms with E-state index < -0.39 is 41.8 Å². The van der Waals surface area contributed by atoms with Gasteiger partial charge < -0.3 is 31.8 Å². The van der Waals surface area contributed by atoms with Gasteiger partial charge in [-0.1, -0.05) is 30.3 Å². The number of carbonyl (C=O) groups is 4. The van der Waals surface area contributed by atoms with Crippen molar-refractivity contribution < 1.29 is 24.3 Å². The zero-order chi connectivity index (χ0) is 24.9. The SMILES string of the molecule is CSCCC(NC(=O)C(Cc1cnc[nH]1)NC(=O)CN)C(=O)NC(Cc1ccccc1)C(=O)O. The number of H-pyrrole nitrogens is 1. The second-order valence-corrected chi connectivity index (χ2v) is 8.52. The molecule has 2 aromatic rings. The van der Waals surface area contributed by atoms with E-state index in [1.54, 1.807) is 24.3 Å². The predicted molar refractivity (Wildman–Crippen MR) is 128 cm³/mol. The van der Waals surface area contributed by atoms with Crippen molar-refractivity contribution in [2.24, 2.45) is 5.73 Å². The minimum absolute atomic E-state index is 0.0973. The number of carbonyl (C=O) groups excluding carboxylic acids is 3. The van der Waals surface area contributed by atoms with Crippen LogP contribution in [0, 0.1) is 0 Å². The van der Waals surface area contributed by atoms with Gasteiger partial charge in [-0.15, -0.1) is 0 Å². The second-order valence-electron chi connectivity index (χ2n) is 7.54. The zero-order valence-electron chi connectivity index (χ0n) is 18.8. The molecule has 34 heavy (non-hydrogen) atoms. The molecule has 1 aromatic heterocycles. The number of amides is 3. The first-order valence-electron chi connectivity index (χ1n) is 10.7. The van der Waals surface area contributed by atoms with E-state index in [1.165, 1.54) is 24.3 Å². The third kappa shape index (κ3) is 8.87. The lowest BCUT2D eigenvalue weighted by Gasteiger charge is -2.24. The van der Waals surface area contributed by atoms with Gasteiger partial charge in [-0.2, -0.15) is 11.8 Å². The molecule has 12 heteroatoms. The average molecular weight is 491 g/mol. The molecule has 0 fully saturated rings. The molecule has 0 saturated heterocycles. The highest BCUT2D eigenvalue weighted by Crippen LogP contribution is 2.07. The number of hydrogen-bond acceptors (Lipinski definition) is 7. The van der Waals surface area contributed by atoms with Crippen LogP contribution in [-0.4, -0.2) is 75.4 Å². The third-order valence-corrected chi connectivity index (χ3v) is 5.60. The van der Waals surface area contributed by atoms with E-state index in [4.69, 9.17) is 5.73 Å². The maximum atomic E-state index is 13.0. The van der Waals surface area contributed by atoms with E-state index in [0.29, 0.717) is 11.4 Å². The summed E-state index contributed by atoms with van der Waals surface area (Å²) in [5.41, 5.74) is 6.73. The van der Waals surface area contributed by atoms with Gasteiger partial charge in [0, 0.05) is 24.7 Å². The lowest BCUT2D eigenvalue weighted by Crippen LogP contribution is -2.57. The zero-order valence-corrected chi connectivity index (χ0v) is 19.6. The molecule has 1 aromatic carbocycles. The molecular weight excluding hydrogens is 460 g/mol. The Morgan fingerprint density at radius 1 is 1.03 bits per heavy atom. The van der Waals surface area contributed by atoms with Crippen molar-refractivity contribution in [3.05, 3.63) is 54.1 Å². The van der Waals surface area contributed by atoms with Crippen LogP contribution in [-0.2, 0) is 32.0 Å². The number of rotatable bonds is 14. The van der Waals surface area contributed by atoms with Gasteiger partial charge in [-0.25, -0.2) is 9.78 Å². The monoisotopic (exact) mass is 490 g/mol. The van der Waals surface area contributed by atoms with E-state index >= 15 is 0 Å². The van der Waals surface area contributed by atoms with Crippen LogP contribution in [0.15, 0.2) is 42.9 Å². The average Bonchev–Trinajstić information content (AvgIpc) is 3.34. The minimum Gasteiger partial charge on any atom is -0.480 e. The number of nitrogens with two attached hydrogens (primary N) is 1. The van der Waals surface area contributed by atoms with Crippen molar-refractivity contribution in [1.82, 2.24) is 25.9 Å². The Hall–Kier alpha value is -3.38. The number of aromatic nitrogens is 2. The highest BCUT2D eigenvalue weighted by atomic mass is 32.2. The fourth-order valence-electron chi connectivity index (χ4n) is 3.18. The van der Waals surface area contributed by atoms with Crippen molar-refractivity contribution in [2.45, 2.75) is 37.4 Å². The van der Waals surface area contributed by atoms with Crippen molar-refractivity contribution in [3.8, 4) is 0 Å². The van der Waals surface area contributed by atoms with Crippen molar-refractivity contribution in [3.63, 3.8) is 0 Å². The van der Waals surface area contributed by atoms with Crippen molar-refractivity contribution in [2.75, 3.05) is 18.6 Å². The predicted octanol–water partition coefficient (Wildman–Crippen LogP) is -0.554. The van der Waals surface area contributed by atoms with Gasteiger partial charge in [-0.05, 0) is 24.0 Å². The number of benzene rings is 1. The quantitative estimate of drug-likeness (QED) is 0.204. The molecular formula is C22H30N6O5S. The molecule has 3 unspecified atom stereocenters. The summed E-state index contributed by atoms with van der Waals surface area (Å²) in [5, 5.41) is 17.3. The number of nitrogens with one attached hydrogen (secondary N) is 4. The van der Waals surface area contributed by atoms with Gasteiger partial charge in [0.15, 0.2) is 0 Å². The lowest BCUT2D eigenvalue weighted by molar-refractivity contribution is -0.142. The summed E-state index contributed by atoms with van der Waals surface area (Å²) in [6, 6.07) is 5.78. The molecule has 7 N–H and O–H groups in total. The second kappa shape index (κ2) is 14.0. The van der Waals surface area contributed by atoms with Crippen LogP contribution >= 0.6 is 11.8 Å². The molecule has 11 nitrogen and oxygen atoms in total. The summed E-state index contributed by atoms with van der Waals surface area (Å²) in [6.45, 7) is -0.303. The van der Waals surface area contributed by atoms with Gasteiger partial charge in [-0.3, -0.25) is 14.4 Å². The first-order valence-corrected chi connectivity index (χ1v) is 12.1. The number of nitrogens with zero attached hydrogens (tertiary/aromatic N) is 1. The molecule has 0 aliphatic rings. The summed E-state index contributed by atoms with van der Waals surface area (Å²) in [7, 11) is 0. The van der Waals surface area contributed by atoms with Crippen molar-refractivity contribution >= 4 is 35.5 Å². The standard InChI is InChI=1S/C22H30N6O5S/c1-34-8-7-16(20(30)28-18(22(32)33)9-14-5-3-2-4-6-14)27-21(31)17(26-19(29)11-23)10-15-12-24-13-25-15/h2-6,12-13,16-18H,7-11,23H2,1H3,(H,24,25)(H,26,29)(H,27,31)(H,28,30)(H,32,33). The van der Waals surface area contributed by atoms with Crippen LogP contribution in [0.3, 0.4) is 0 Å². The highest BCUT2D eigenvalue weighted by Gasteiger charge is 2.29. The van der Waals surface area contributed by atoms with Gasteiger partial charge in [0.25, 0.3) is 0 Å². The molecule has 0 bridgehead atoms. The summed E-state index contributed by atoms with van der Waals surface area (Å²) in [5.74, 6) is -2.36. The normalized spacial score (nSPS) is 13.4. The molecule has 0 radical (unpaired) electrons. The number of thioether (sulfide) groups is 1. The molecule has 3 amide bonds. The Morgan fingerprint density at radius 2 is 1.71 bits per heavy atom. The number of aliphatic carboxylic acids is 1. The first-order chi connectivity index (χ1) is 16.3. The third-order valence-electron chi connectivity index (χ3n) is 4.96. The number of imidazole rings is 1. The van der Waals surface area contributed by atoms with Gasteiger partial charge in [0.1, 0.15) is 18.1 Å². The molecule has 0 spiro atoms. The minimum atomic E-state index is -1.18. The van der Waals surface area contributed by atoms with Crippen LogP contribution in [0.1, 0.15) is 17.7 Å². The van der Waals surface area contributed by atoms with Gasteiger partial charge in [0.2, 0.25) is 17.7 Å². The van der Waals surface area contributed by atoms with E-state index in [9.17, 15) is 24.3 Å². The van der Waals surface area contributed by atoms with E-state index in [2.05, 4.69) is 25.9 Å². The molecule has 3 atom stereocenters. The lowest BCUT2D eigenvalue weighted by atomic mass is 10.0. The van der Waals surface area contributed by atoms with Gasteiger partial charge >= 0.3 is 5.97 Å². The smallest absolute Gasteiger partial charge is 0.326 e. The van der Waals surface area contributed by atoms with Crippen LogP contribution < -0.4 is 21.7 Å². The fraction of sp³-hybridized carbons (Fsp3) is 0.409.